The van der Waals surface area contributed by atoms with E-state index in [2.05, 4.69) is 20.4 Å². The van der Waals surface area contributed by atoms with Gasteiger partial charge in [0.05, 0.1) is 5.54 Å². The number of aromatic nitrogens is 2. The number of hydrogen-bond donors (Lipinski definition) is 3. The van der Waals surface area contributed by atoms with Gasteiger partial charge in [-0.15, -0.1) is 0 Å². The Morgan fingerprint density at radius 1 is 0.921 bits per heavy atom. The molecule has 5 heterocycles. The van der Waals surface area contributed by atoms with E-state index in [4.69, 9.17) is 9.97 Å². The van der Waals surface area contributed by atoms with Gasteiger partial charge in [0.2, 0.25) is 5.95 Å². The van der Waals surface area contributed by atoms with Crippen LogP contribution in [0, 0.1) is 5.82 Å². The number of halogens is 1. The summed E-state index contributed by atoms with van der Waals surface area (Å²) in [5, 5.41) is 20.3. The molecule has 0 radical (unpaired) electrons. The number of fused-ring (bicyclic) bond motifs is 4. The highest BCUT2D eigenvalue weighted by Crippen LogP contribution is 2.40. The minimum absolute atomic E-state index is 0.119. The molecule has 1 aromatic heterocycles. The first-order chi connectivity index (χ1) is 18.6. The number of benzene rings is 3. The number of anilines is 2. The van der Waals surface area contributed by atoms with E-state index in [1.54, 1.807) is 12.1 Å². The SMILES string of the molecule is Oc1cc(-c2ccc3c(N4C[C@H]5CC[C@@H](C4)N5)nc(N4CC5(CCCN5)C4)nc3c2F)c2ccccc2c1. The van der Waals surface area contributed by atoms with Gasteiger partial charge in [-0.2, -0.15) is 4.98 Å². The number of phenols is 1. The summed E-state index contributed by atoms with van der Waals surface area (Å²) in [5.41, 5.74) is 1.60. The maximum absolute atomic E-state index is 16.6. The van der Waals surface area contributed by atoms with Gasteiger partial charge in [-0.1, -0.05) is 30.3 Å². The highest BCUT2D eigenvalue weighted by molar-refractivity contribution is 6.01. The Labute approximate surface area is 220 Å². The third-order valence-electron chi connectivity index (χ3n) is 9.03. The van der Waals surface area contributed by atoms with Crippen LogP contribution in [0.2, 0.25) is 0 Å². The summed E-state index contributed by atoms with van der Waals surface area (Å²) in [6.07, 6.45) is 4.69. The molecule has 4 saturated heterocycles. The normalized spacial score (nSPS) is 24.0. The Morgan fingerprint density at radius 2 is 1.74 bits per heavy atom. The monoisotopic (exact) mass is 510 g/mol. The summed E-state index contributed by atoms with van der Waals surface area (Å²) in [5.74, 6) is 1.19. The average Bonchev–Trinajstić information content (AvgIpc) is 3.53. The predicted molar refractivity (Wildman–Crippen MR) is 148 cm³/mol. The van der Waals surface area contributed by atoms with Crippen LogP contribution in [0.3, 0.4) is 0 Å². The van der Waals surface area contributed by atoms with Crippen LogP contribution in [0.4, 0.5) is 16.2 Å². The smallest absolute Gasteiger partial charge is 0.228 e. The second kappa shape index (κ2) is 8.25. The van der Waals surface area contributed by atoms with Gasteiger partial charge >= 0.3 is 0 Å². The van der Waals surface area contributed by atoms with Gasteiger partial charge in [0.25, 0.3) is 0 Å². The van der Waals surface area contributed by atoms with Gasteiger partial charge in [0.1, 0.15) is 17.1 Å². The minimum Gasteiger partial charge on any atom is -0.508 e. The summed E-state index contributed by atoms with van der Waals surface area (Å²) in [6, 6.07) is 15.8. The maximum Gasteiger partial charge on any atom is 0.228 e. The first-order valence-corrected chi connectivity index (χ1v) is 13.8. The molecule has 7 nitrogen and oxygen atoms in total. The molecule has 4 aliphatic heterocycles. The second-order valence-electron chi connectivity index (χ2n) is 11.6. The molecule has 3 N–H and O–H groups in total. The number of hydrogen-bond acceptors (Lipinski definition) is 7. The van der Waals surface area contributed by atoms with Crippen molar-refractivity contribution in [1.29, 1.82) is 0 Å². The lowest BCUT2D eigenvalue weighted by Gasteiger charge is -2.48. The lowest BCUT2D eigenvalue weighted by molar-refractivity contribution is 0.291. The molecule has 194 valence electrons. The lowest BCUT2D eigenvalue weighted by atomic mass is 9.89. The van der Waals surface area contributed by atoms with Gasteiger partial charge in [-0.25, -0.2) is 9.37 Å². The fourth-order valence-corrected chi connectivity index (χ4v) is 7.18. The van der Waals surface area contributed by atoms with E-state index in [1.165, 1.54) is 19.3 Å². The molecule has 1 spiro atoms. The zero-order valence-electron chi connectivity index (χ0n) is 21.3. The topological polar surface area (TPSA) is 76.6 Å². The van der Waals surface area contributed by atoms with Crippen molar-refractivity contribution in [3.8, 4) is 16.9 Å². The Morgan fingerprint density at radius 3 is 2.53 bits per heavy atom. The largest absolute Gasteiger partial charge is 0.508 e. The number of nitrogens with one attached hydrogen (secondary N) is 2. The van der Waals surface area contributed by atoms with Gasteiger partial charge in [-0.05, 0) is 66.8 Å². The molecule has 0 amide bonds. The first-order valence-electron chi connectivity index (χ1n) is 13.8. The maximum atomic E-state index is 16.6. The fraction of sp³-hybridized carbons (Fsp3) is 0.400. The van der Waals surface area contributed by atoms with E-state index in [-0.39, 0.29) is 17.1 Å². The van der Waals surface area contributed by atoms with E-state index >= 15 is 4.39 Å². The molecule has 0 aliphatic carbocycles. The number of nitrogens with zero attached hydrogens (tertiary/aromatic N) is 4. The zero-order chi connectivity index (χ0) is 25.4. The molecule has 0 saturated carbocycles. The fourth-order valence-electron chi connectivity index (χ4n) is 7.18. The standard InChI is InChI=1S/C30H31FN6O/c31-26-23(25-13-21(38)12-18-4-1-2-5-22(18)25)8-9-24-27(26)34-29(37-16-30(17-37)10-3-11-32-30)35-28(24)36-14-19-6-7-20(15-36)33-19/h1-2,4-5,8-9,12-13,19-20,32-33,38H,3,6-7,10-11,14-17H2/t19-,20+. The average molecular weight is 511 g/mol. The van der Waals surface area contributed by atoms with Crippen LogP contribution in [-0.2, 0) is 0 Å². The van der Waals surface area contributed by atoms with Gasteiger partial charge in [0.15, 0.2) is 5.82 Å². The van der Waals surface area contributed by atoms with Crippen LogP contribution in [0.15, 0.2) is 48.5 Å². The number of phenolic OH excluding ortho intramolecular Hbond substituents is 1. The Kier molecular flexibility index (Phi) is 4.88. The van der Waals surface area contributed by atoms with E-state index in [0.717, 1.165) is 61.1 Å². The van der Waals surface area contributed by atoms with Crippen molar-refractivity contribution >= 4 is 33.4 Å². The number of aromatic hydroxyl groups is 1. The highest BCUT2D eigenvalue weighted by Gasteiger charge is 2.46. The summed E-state index contributed by atoms with van der Waals surface area (Å²) < 4.78 is 16.6. The molecule has 2 atom stereocenters. The lowest BCUT2D eigenvalue weighted by Crippen LogP contribution is -2.67. The van der Waals surface area contributed by atoms with Crippen LogP contribution in [0.1, 0.15) is 25.7 Å². The van der Waals surface area contributed by atoms with E-state index in [9.17, 15) is 5.11 Å². The summed E-state index contributed by atoms with van der Waals surface area (Å²) >= 11 is 0. The number of rotatable bonds is 3. The van der Waals surface area contributed by atoms with E-state index < -0.39 is 0 Å². The zero-order valence-corrected chi connectivity index (χ0v) is 21.3. The van der Waals surface area contributed by atoms with Crippen LogP contribution < -0.4 is 20.4 Å². The van der Waals surface area contributed by atoms with Gasteiger partial charge in [0, 0.05) is 49.2 Å². The molecule has 4 fully saturated rings. The molecule has 8 rings (SSSR count). The van der Waals surface area contributed by atoms with E-state index in [1.807, 2.05) is 36.4 Å². The molecule has 3 aromatic carbocycles. The second-order valence-corrected chi connectivity index (χ2v) is 11.6. The predicted octanol–water partition coefficient (Wildman–Crippen LogP) is 4.18. The van der Waals surface area contributed by atoms with Crippen molar-refractivity contribution in [2.24, 2.45) is 0 Å². The van der Waals surface area contributed by atoms with Crippen molar-refractivity contribution in [3.63, 3.8) is 0 Å². The third kappa shape index (κ3) is 3.47. The van der Waals surface area contributed by atoms with Crippen LogP contribution in [0.25, 0.3) is 32.8 Å². The summed E-state index contributed by atoms with van der Waals surface area (Å²) in [6.45, 7) is 4.49. The minimum atomic E-state index is -0.365. The van der Waals surface area contributed by atoms with Crippen LogP contribution in [-0.4, -0.2) is 65.4 Å². The Bertz CT molecular complexity index is 1560. The molecular weight excluding hydrogens is 479 g/mol. The van der Waals surface area contributed by atoms with Gasteiger partial charge in [-0.3, -0.25) is 0 Å². The van der Waals surface area contributed by atoms with Crippen molar-refractivity contribution < 1.29 is 9.50 Å². The third-order valence-corrected chi connectivity index (χ3v) is 9.03. The van der Waals surface area contributed by atoms with E-state index in [0.29, 0.717) is 34.7 Å². The Hall–Kier alpha value is -3.49. The molecule has 4 aromatic rings. The van der Waals surface area contributed by atoms with Crippen LogP contribution >= 0.6 is 0 Å². The molecule has 38 heavy (non-hydrogen) atoms. The van der Waals surface area contributed by atoms with Crippen LogP contribution in [0.5, 0.6) is 5.75 Å². The quantitative estimate of drug-likeness (QED) is 0.382. The summed E-state index contributed by atoms with van der Waals surface area (Å²) in [7, 11) is 0. The number of piperazine rings is 1. The van der Waals surface area contributed by atoms with Crippen molar-refractivity contribution in [1.82, 2.24) is 20.6 Å². The first kappa shape index (κ1) is 22.5. The molecular formula is C30H31FN6O. The summed E-state index contributed by atoms with van der Waals surface area (Å²) in [4.78, 5) is 14.5. The molecule has 2 bridgehead atoms. The highest BCUT2D eigenvalue weighted by atomic mass is 19.1. The Balaban J connectivity index is 1.29. The van der Waals surface area contributed by atoms with Crippen molar-refractivity contribution in [2.45, 2.75) is 43.3 Å². The van der Waals surface area contributed by atoms with Gasteiger partial charge < -0.3 is 25.5 Å². The molecule has 8 heteroatoms. The van der Waals surface area contributed by atoms with Crippen molar-refractivity contribution in [2.75, 3.05) is 42.5 Å². The molecule has 0 unspecified atom stereocenters. The molecule has 4 aliphatic rings. The van der Waals surface area contributed by atoms with Crippen molar-refractivity contribution in [3.05, 3.63) is 54.3 Å².